The maximum atomic E-state index is 13.3. The van der Waals surface area contributed by atoms with Crippen LogP contribution >= 0.6 is 11.3 Å². The van der Waals surface area contributed by atoms with Gasteiger partial charge in [0.05, 0.1) is 22.4 Å². The molecule has 8 nitrogen and oxygen atoms in total. The van der Waals surface area contributed by atoms with Gasteiger partial charge in [0.25, 0.3) is 5.91 Å². The highest BCUT2D eigenvalue weighted by molar-refractivity contribution is 7.22. The van der Waals surface area contributed by atoms with E-state index in [1.165, 1.54) is 18.3 Å². The number of anilines is 1. The van der Waals surface area contributed by atoms with E-state index >= 15 is 0 Å². The molecule has 1 N–H and O–H groups in total. The second-order valence-corrected chi connectivity index (χ2v) is 9.85. The Balaban J connectivity index is 1.25. The Morgan fingerprint density at radius 2 is 1.79 bits per heavy atom. The van der Waals surface area contributed by atoms with E-state index in [-0.39, 0.29) is 0 Å². The minimum absolute atomic E-state index is 0.313. The molecule has 0 fully saturated rings. The van der Waals surface area contributed by atoms with Crippen molar-refractivity contribution < 1.29 is 23.5 Å². The second-order valence-electron chi connectivity index (χ2n) is 8.81. The average molecular weight is 538 g/mol. The summed E-state index contributed by atoms with van der Waals surface area (Å²) in [4.78, 5) is 35.3. The van der Waals surface area contributed by atoms with E-state index in [4.69, 9.17) is 13.9 Å². The fraction of sp³-hybridized carbons (Fsp3) is 0.133. The molecule has 4 aromatic carbocycles. The molecule has 2 aromatic heterocycles. The lowest BCUT2D eigenvalue weighted by molar-refractivity contribution is -0.123. The Kier molecular flexibility index (Phi) is 6.42. The third-order valence-corrected chi connectivity index (χ3v) is 7.14. The van der Waals surface area contributed by atoms with Crippen LogP contribution < -0.4 is 10.1 Å². The van der Waals surface area contributed by atoms with Gasteiger partial charge in [-0.15, -0.1) is 0 Å². The van der Waals surface area contributed by atoms with Gasteiger partial charge in [-0.05, 0) is 61.7 Å². The molecule has 0 aliphatic heterocycles. The highest BCUT2D eigenvalue weighted by Gasteiger charge is 2.23. The zero-order valence-corrected chi connectivity index (χ0v) is 22.0. The summed E-state index contributed by atoms with van der Waals surface area (Å²) in [6, 6.07) is 24.0. The smallest absolute Gasteiger partial charge is 0.339 e. The molecule has 6 rings (SSSR count). The summed E-state index contributed by atoms with van der Waals surface area (Å²) in [6.45, 7) is 4.00. The molecule has 1 unspecified atom stereocenters. The summed E-state index contributed by atoms with van der Waals surface area (Å²) < 4.78 is 18.0. The fourth-order valence-corrected chi connectivity index (χ4v) is 5.27. The van der Waals surface area contributed by atoms with E-state index < -0.39 is 18.0 Å². The summed E-state index contributed by atoms with van der Waals surface area (Å²) >= 11 is 1.32. The van der Waals surface area contributed by atoms with Crippen molar-refractivity contribution in [2.24, 2.45) is 0 Å². The molecule has 39 heavy (non-hydrogen) atoms. The van der Waals surface area contributed by atoms with Gasteiger partial charge < -0.3 is 13.9 Å². The number of benzene rings is 4. The van der Waals surface area contributed by atoms with Gasteiger partial charge in [0.1, 0.15) is 11.3 Å². The van der Waals surface area contributed by atoms with Crippen molar-refractivity contribution in [3.63, 3.8) is 0 Å². The fourth-order valence-electron chi connectivity index (χ4n) is 4.38. The van der Waals surface area contributed by atoms with Gasteiger partial charge >= 0.3 is 5.97 Å². The first-order chi connectivity index (χ1) is 19.0. The van der Waals surface area contributed by atoms with Crippen LogP contribution in [0.1, 0.15) is 24.2 Å². The third kappa shape index (κ3) is 4.80. The molecule has 0 spiro atoms. The monoisotopic (exact) mass is 537 g/mol. The molecule has 6 aromatic rings. The molecule has 9 heteroatoms. The molecular weight excluding hydrogens is 514 g/mol. The zero-order chi connectivity index (χ0) is 26.9. The molecule has 0 saturated heterocycles. The number of hydrogen-bond donors (Lipinski definition) is 1. The second kappa shape index (κ2) is 10.2. The van der Waals surface area contributed by atoms with Crippen molar-refractivity contribution in [2.45, 2.75) is 20.0 Å². The van der Waals surface area contributed by atoms with E-state index in [1.54, 1.807) is 12.1 Å². The summed E-state index contributed by atoms with van der Waals surface area (Å²) in [5.74, 6) is 0.0293. The van der Waals surface area contributed by atoms with Crippen LogP contribution in [0.3, 0.4) is 0 Å². The molecule has 2 heterocycles. The number of oxazole rings is 1. The lowest BCUT2D eigenvalue weighted by atomic mass is 9.99. The highest BCUT2D eigenvalue weighted by atomic mass is 32.1. The van der Waals surface area contributed by atoms with Gasteiger partial charge in [0.15, 0.2) is 16.8 Å². The summed E-state index contributed by atoms with van der Waals surface area (Å²) in [5.41, 5.74) is 3.09. The maximum absolute atomic E-state index is 13.3. The number of fused-ring (bicyclic) bond motifs is 3. The van der Waals surface area contributed by atoms with Crippen LogP contribution in [0, 0.1) is 0 Å². The number of ether oxygens (including phenoxy) is 2. The summed E-state index contributed by atoms with van der Waals surface area (Å²) in [6.07, 6.45) is -1.06. The zero-order valence-electron chi connectivity index (χ0n) is 21.1. The Bertz CT molecular complexity index is 1820. The predicted molar refractivity (Wildman–Crippen MR) is 151 cm³/mol. The van der Waals surface area contributed by atoms with Gasteiger partial charge in [-0.1, -0.05) is 47.7 Å². The number of carbonyl (C=O) groups is 2. The molecule has 0 aliphatic carbocycles. The van der Waals surface area contributed by atoms with Crippen LogP contribution in [-0.2, 0) is 9.53 Å². The quantitative estimate of drug-likeness (QED) is 0.222. The van der Waals surface area contributed by atoms with Crippen LogP contribution in [0.4, 0.5) is 5.13 Å². The lowest BCUT2D eigenvalue weighted by Crippen LogP contribution is -2.30. The molecule has 0 bridgehead atoms. The summed E-state index contributed by atoms with van der Waals surface area (Å²) in [7, 11) is 0. The van der Waals surface area contributed by atoms with Gasteiger partial charge in [0, 0.05) is 10.9 Å². The number of aromatic nitrogens is 2. The van der Waals surface area contributed by atoms with Crippen molar-refractivity contribution >= 4 is 60.4 Å². The largest absolute Gasteiger partial charge is 0.494 e. The van der Waals surface area contributed by atoms with E-state index in [1.807, 2.05) is 73.7 Å². The van der Waals surface area contributed by atoms with E-state index in [0.29, 0.717) is 39.7 Å². The Morgan fingerprint density at radius 3 is 2.62 bits per heavy atom. The van der Waals surface area contributed by atoms with Crippen LogP contribution in [0.5, 0.6) is 5.75 Å². The number of nitrogens with one attached hydrogen (secondary N) is 1. The number of rotatable bonds is 7. The van der Waals surface area contributed by atoms with Crippen molar-refractivity contribution in [3.05, 3.63) is 84.4 Å². The molecule has 0 aliphatic rings. The standard InChI is InChI=1S/C30H23N3O5S/c1-3-36-19-14-15-23-25(16-19)39-30(32-23)33-27(34)17(2)37-29(35)21-11-7-9-18-8-6-10-20(26(18)21)28-31-22-12-4-5-13-24(22)38-28/h4-17H,3H2,1-2H3,(H,32,33,34). The molecule has 194 valence electrons. The van der Waals surface area contributed by atoms with Gasteiger partial charge in [-0.2, -0.15) is 0 Å². The average Bonchev–Trinajstić information content (AvgIpc) is 3.55. The number of carbonyl (C=O) groups excluding carboxylic acids is 2. The Labute approximate surface area is 227 Å². The molecule has 0 saturated carbocycles. The van der Waals surface area contributed by atoms with E-state index in [0.717, 1.165) is 26.9 Å². The van der Waals surface area contributed by atoms with Crippen LogP contribution in [0.15, 0.2) is 83.3 Å². The minimum atomic E-state index is -1.06. The molecular formula is C30H23N3O5S. The highest BCUT2D eigenvalue weighted by Crippen LogP contribution is 2.33. The van der Waals surface area contributed by atoms with Gasteiger partial charge in [-0.3, -0.25) is 10.1 Å². The first-order valence-corrected chi connectivity index (χ1v) is 13.2. The minimum Gasteiger partial charge on any atom is -0.494 e. The lowest BCUT2D eigenvalue weighted by Gasteiger charge is -2.14. The molecule has 1 atom stereocenters. The number of amides is 1. The third-order valence-electron chi connectivity index (χ3n) is 6.20. The number of nitrogens with zero attached hydrogens (tertiary/aromatic N) is 2. The maximum Gasteiger partial charge on any atom is 0.339 e. The number of hydrogen-bond acceptors (Lipinski definition) is 8. The predicted octanol–water partition coefficient (Wildman–Crippen LogP) is 6.84. The SMILES string of the molecule is CCOc1ccc2nc(NC(=O)C(C)OC(=O)c3cccc4cccc(-c5nc6ccccc6o5)c34)sc2c1. The normalized spacial score (nSPS) is 12.1. The Morgan fingerprint density at radius 1 is 0.974 bits per heavy atom. The number of esters is 1. The van der Waals surface area contributed by atoms with Gasteiger partial charge in [0.2, 0.25) is 5.89 Å². The van der Waals surface area contributed by atoms with Crippen LogP contribution in [0.2, 0.25) is 0 Å². The van der Waals surface area contributed by atoms with Crippen molar-refractivity contribution in [2.75, 3.05) is 11.9 Å². The van der Waals surface area contributed by atoms with Crippen molar-refractivity contribution in [1.29, 1.82) is 0 Å². The van der Waals surface area contributed by atoms with Crippen molar-refractivity contribution in [1.82, 2.24) is 9.97 Å². The number of thiazole rings is 1. The number of para-hydroxylation sites is 2. The first-order valence-electron chi connectivity index (χ1n) is 12.4. The van der Waals surface area contributed by atoms with Gasteiger partial charge in [-0.25, -0.2) is 14.8 Å². The van der Waals surface area contributed by atoms with Crippen LogP contribution in [-0.4, -0.2) is 34.6 Å². The first kappa shape index (κ1) is 24.6. The Hall–Kier alpha value is -4.76. The topological polar surface area (TPSA) is 104 Å². The molecule has 0 radical (unpaired) electrons. The molecule has 1 amide bonds. The van der Waals surface area contributed by atoms with E-state index in [2.05, 4.69) is 15.3 Å². The van der Waals surface area contributed by atoms with Crippen LogP contribution in [0.25, 0.3) is 43.5 Å². The van der Waals surface area contributed by atoms with E-state index in [9.17, 15) is 9.59 Å². The summed E-state index contributed by atoms with van der Waals surface area (Å²) in [5, 5.41) is 4.63. The van der Waals surface area contributed by atoms with Crippen molar-refractivity contribution in [3.8, 4) is 17.2 Å².